The monoisotopic (exact) mass is 292 g/mol. The Balaban J connectivity index is 2.21. The lowest BCUT2D eigenvalue weighted by atomic mass is 9.98. The third kappa shape index (κ3) is 3.96. The van der Waals surface area contributed by atoms with Crippen LogP contribution >= 0.6 is 0 Å². The van der Waals surface area contributed by atoms with E-state index in [4.69, 9.17) is 9.47 Å². The highest BCUT2D eigenvalue weighted by Crippen LogP contribution is 2.30. The summed E-state index contributed by atoms with van der Waals surface area (Å²) < 4.78 is 11.6. The number of likely N-dealkylation sites (N-methyl/N-ethyl adjacent to an activating group) is 1. The topological polar surface area (TPSA) is 33.7 Å². The molecule has 1 saturated heterocycles. The second-order valence-electron chi connectivity index (χ2n) is 5.78. The van der Waals surface area contributed by atoms with Gasteiger partial charge in [0.25, 0.3) is 0 Å². The van der Waals surface area contributed by atoms with E-state index >= 15 is 0 Å². The molecule has 0 aliphatic carbocycles. The van der Waals surface area contributed by atoms with Crippen molar-refractivity contribution in [3.63, 3.8) is 0 Å². The molecule has 1 aromatic rings. The summed E-state index contributed by atoms with van der Waals surface area (Å²) >= 11 is 0. The Kier molecular flexibility index (Phi) is 6.03. The van der Waals surface area contributed by atoms with Crippen molar-refractivity contribution in [2.75, 3.05) is 33.4 Å². The molecular formula is C17H28N2O2. The lowest BCUT2D eigenvalue weighted by molar-refractivity contribution is -0.0561. The number of rotatable bonds is 6. The summed E-state index contributed by atoms with van der Waals surface area (Å²) in [6, 6.07) is 8.93. The maximum absolute atomic E-state index is 6.07. The van der Waals surface area contributed by atoms with E-state index in [-0.39, 0.29) is 12.1 Å². The SMILES string of the molecule is CCNC(c1ccccc1OC)C1CN(C(C)C)CCO1. The molecule has 118 valence electrons. The Morgan fingerprint density at radius 1 is 1.38 bits per heavy atom. The Morgan fingerprint density at radius 2 is 2.14 bits per heavy atom. The number of nitrogens with zero attached hydrogens (tertiary/aromatic N) is 1. The maximum Gasteiger partial charge on any atom is 0.123 e. The number of para-hydroxylation sites is 1. The van der Waals surface area contributed by atoms with Crippen LogP contribution in [0.1, 0.15) is 32.4 Å². The molecule has 2 unspecified atom stereocenters. The highest BCUT2D eigenvalue weighted by molar-refractivity contribution is 5.36. The van der Waals surface area contributed by atoms with Crippen LogP contribution in [0.2, 0.25) is 0 Å². The number of ether oxygens (including phenoxy) is 2. The van der Waals surface area contributed by atoms with Gasteiger partial charge in [-0.15, -0.1) is 0 Å². The molecular weight excluding hydrogens is 264 g/mol. The predicted molar refractivity (Wildman–Crippen MR) is 85.9 cm³/mol. The summed E-state index contributed by atoms with van der Waals surface area (Å²) in [6.45, 7) is 10.3. The zero-order chi connectivity index (χ0) is 15.2. The average Bonchev–Trinajstić information content (AvgIpc) is 2.52. The van der Waals surface area contributed by atoms with E-state index in [9.17, 15) is 0 Å². The predicted octanol–water partition coefficient (Wildman–Crippen LogP) is 2.46. The van der Waals surface area contributed by atoms with Crippen LogP contribution in [0.4, 0.5) is 0 Å². The summed E-state index contributed by atoms with van der Waals surface area (Å²) in [6.07, 6.45) is 0.150. The van der Waals surface area contributed by atoms with Gasteiger partial charge in [-0.1, -0.05) is 25.1 Å². The van der Waals surface area contributed by atoms with E-state index in [2.05, 4.69) is 43.1 Å². The standard InChI is InChI=1S/C17H28N2O2/c1-5-18-17(14-8-6-7-9-15(14)20-4)16-12-19(13(2)3)10-11-21-16/h6-9,13,16-18H,5,10-12H2,1-4H3. The molecule has 0 amide bonds. The smallest absolute Gasteiger partial charge is 0.123 e. The fourth-order valence-corrected chi connectivity index (χ4v) is 2.95. The van der Waals surface area contributed by atoms with E-state index in [0.29, 0.717) is 6.04 Å². The maximum atomic E-state index is 6.07. The average molecular weight is 292 g/mol. The molecule has 21 heavy (non-hydrogen) atoms. The second-order valence-corrected chi connectivity index (χ2v) is 5.78. The van der Waals surface area contributed by atoms with Crippen molar-refractivity contribution in [3.8, 4) is 5.75 Å². The number of morpholine rings is 1. The summed E-state index contributed by atoms with van der Waals surface area (Å²) in [5.74, 6) is 0.925. The largest absolute Gasteiger partial charge is 0.496 e. The fraction of sp³-hybridized carbons (Fsp3) is 0.647. The first-order chi connectivity index (χ1) is 10.2. The lowest BCUT2D eigenvalue weighted by Gasteiger charge is -2.39. The minimum Gasteiger partial charge on any atom is -0.496 e. The Hall–Kier alpha value is -1.10. The molecule has 1 aromatic carbocycles. The van der Waals surface area contributed by atoms with E-state index in [1.807, 2.05) is 12.1 Å². The van der Waals surface area contributed by atoms with Crippen LogP contribution in [-0.2, 0) is 4.74 Å². The van der Waals surface area contributed by atoms with Crippen LogP contribution < -0.4 is 10.1 Å². The van der Waals surface area contributed by atoms with Gasteiger partial charge in [0, 0.05) is 24.7 Å². The van der Waals surface area contributed by atoms with E-state index in [1.165, 1.54) is 5.56 Å². The van der Waals surface area contributed by atoms with Crippen LogP contribution in [-0.4, -0.2) is 50.4 Å². The third-order valence-corrected chi connectivity index (χ3v) is 4.12. The van der Waals surface area contributed by atoms with Gasteiger partial charge in [0.1, 0.15) is 5.75 Å². The van der Waals surface area contributed by atoms with Gasteiger partial charge in [0.15, 0.2) is 0 Å². The zero-order valence-electron chi connectivity index (χ0n) is 13.6. The molecule has 1 heterocycles. The van der Waals surface area contributed by atoms with Crippen molar-refractivity contribution in [2.45, 2.75) is 39.0 Å². The number of nitrogens with one attached hydrogen (secondary N) is 1. The molecule has 1 aliphatic heterocycles. The number of hydrogen-bond donors (Lipinski definition) is 1. The summed E-state index contributed by atoms with van der Waals surface area (Å²) in [5, 5.41) is 3.57. The fourth-order valence-electron chi connectivity index (χ4n) is 2.95. The van der Waals surface area contributed by atoms with Crippen molar-refractivity contribution in [1.29, 1.82) is 0 Å². The van der Waals surface area contributed by atoms with E-state index in [1.54, 1.807) is 7.11 Å². The van der Waals surface area contributed by atoms with Crippen LogP contribution in [0.15, 0.2) is 24.3 Å². The van der Waals surface area contributed by atoms with Crippen molar-refractivity contribution in [3.05, 3.63) is 29.8 Å². The normalized spacial score (nSPS) is 21.5. The van der Waals surface area contributed by atoms with Gasteiger partial charge in [-0.3, -0.25) is 4.90 Å². The quantitative estimate of drug-likeness (QED) is 0.873. The van der Waals surface area contributed by atoms with Gasteiger partial charge in [-0.2, -0.15) is 0 Å². The zero-order valence-corrected chi connectivity index (χ0v) is 13.6. The molecule has 0 bridgehead atoms. The molecule has 1 fully saturated rings. The molecule has 4 heteroatoms. The summed E-state index contributed by atoms with van der Waals surface area (Å²) in [7, 11) is 1.73. The van der Waals surface area contributed by atoms with Crippen LogP contribution in [0.3, 0.4) is 0 Å². The molecule has 2 atom stereocenters. The molecule has 0 saturated carbocycles. The third-order valence-electron chi connectivity index (χ3n) is 4.12. The first-order valence-electron chi connectivity index (χ1n) is 7.89. The first kappa shape index (κ1) is 16.3. The lowest BCUT2D eigenvalue weighted by Crippen LogP contribution is -2.50. The molecule has 1 aliphatic rings. The molecule has 0 aromatic heterocycles. The number of hydrogen-bond acceptors (Lipinski definition) is 4. The highest BCUT2D eigenvalue weighted by Gasteiger charge is 2.31. The van der Waals surface area contributed by atoms with Crippen molar-refractivity contribution in [1.82, 2.24) is 10.2 Å². The first-order valence-corrected chi connectivity index (χ1v) is 7.89. The van der Waals surface area contributed by atoms with Crippen molar-refractivity contribution >= 4 is 0 Å². The number of methoxy groups -OCH3 is 1. The van der Waals surface area contributed by atoms with Crippen LogP contribution in [0.25, 0.3) is 0 Å². The minimum absolute atomic E-state index is 0.150. The molecule has 2 rings (SSSR count). The highest BCUT2D eigenvalue weighted by atomic mass is 16.5. The van der Waals surface area contributed by atoms with E-state index in [0.717, 1.165) is 32.0 Å². The second kappa shape index (κ2) is 7.78. The molecule has 0 radical (unpaired) electrons. The van der Waals surface area contributed by atoms with Gasteiger partial charge >= 0.3 is 0 Å². The van der Waals surface area contributed by atoms with E-state index < -0.39 is 0 Å². The number of benzene rings is 1. The Morgan fingerprint density at radius 3 is 2.81 bits per heavy atom. The van der Waals surface area contributed by atoms with Gasteiger partial charge in [-0.25, -0.2) is 0 Å². The van der Waals surface area contributed by atoms with Crippen LogP contribution in [0.5, 0.6) is 5.75 Å². The van der Waals surface area contributed by atoms with Gasteiger partial charge < -0.3 is 14.8 Å². The van der Waals surface area contributed by atoms with Gasteiger partial charge in [0.05, 0.1) is 25.9 Å². The van der Waals surface area contributed by atoms with Gasteiger partial charge in [-0.05, 0) is 26.5 Å². The van der Waals surface area contributed by atoms with Crippen molar-refractivity contribution < 1.29 is 9.47 Å². The molecule has 4 nitrogen and oxygen atoms in total. The molecule has 0 spiro atoms. The van der Waals surface area contributed by atoms with Gasteiger partial charge in [0.2, 0.25) is 0 Å². The van der Waals surface area contributed by atoms with Crippen LogP contribution in [0, 0.1) is 0 Å². The summed E-state index contributed by atoms with van der Waals surface area (Å²) in [5.41, 5.74) is 1.18. The summed E-state index contributed by atoms with van der Waals surface area (Å²) in [4.78, 5) is 2.48. The Labute approximate surface area is 128 Å². The Bertz CT molecular complexity index is 437. The minimum atomic E-state index is 0.150. The molecule has 1 N–H and O–H groups in total. The van der Waals surface area contributed by atoms with Crippen molar-refractivity contribution in [2.24, 2.45) is 0 Å².